The standard InChI is InChI=1S/C48H33N4/c1-5-16-33(17-6-1)50(34-18-7-2-8-19-34)37-28-29-41-44(32-37)52-42-27-15-26-39-38-24-13-14-25-40(38)47(45(39)42)49-31-30-43(46(41)48(49)52)51(35-20-9-3-10-21-35)36-22-11-4-12-23-36/h1-32,47H/q+1. The van der Waals surface area contributed by atoms with Crippen LogP contribution >= 0.6 is 0 Å². The zero-order chi connectivity index (χ0) is 34.2. The second-order valence-corrected chi connectivity index (χ2v) is 13.6. The monoisotopic (exact) mass is 665 g/mol. The molecule has 1 unspecified atom stereocenters. The lowest BCUT2D eigenvalue weighted by Crippen LogP contribution is -2.44. The van der Waals surface area contributed by atoms with Crippen molar-refractivity contribution in [2.45, 2.75) is 6.04 Å². The lowest BCUT2D eigenvalue weighted by atomic mass is 10.00. The zero-order valence-electron chi connectivity index (χ0n) is 28.3. The largest absolute Gasteiger partial charge is 0.310 e. The second kappa shape index (κ2) is 11.3. The molecule has 244 valence electrons. The third-order valence-electron chi connectivity index (χ3n) is 10.8. The predicted molar refractivity (Wildman–Crippen MR) is 213 cm³/mol. The van der Waals surface area contributed by atoms with Crippen molar-refractivity contribution >= 4 is 56.1 Å². The minimum atomic E-state index is 0.0854. The van der Waals surface area contributed by atoms with Gasteiger partial charge in [-0.3, -0.25) is 0 Å². The SMILES string of the molecule is c1ccc(N(c2ccccc2)c2ccc3c4c(N(c5ccccc5)c5ccccc5)cc[n+]5c4n(c3c2)-c2cccc3c2C5c2ccccc2-3)cc1. The van der Waals surface area contributed by atoms with E-state index in [-0.39, 0.29) is 6.04 Å². The van der Waals surface area contributed by atoms with Gasteiger partial charge in [-0.25, -0.2) is 4.57 Å². The van der Waals surface area contributed by atoms with Crippen molar-refractivity contribution in [1.29, 1.82) is 0 Å². The first-order valence-electron chi connectivity index (χ1n) is 17.9. The molecule has 0 saturated carbocycles. The maximum absolute atomic E-state index is 2.53. The van der Waals surface area contributed by atoms with Gasteiger partial charge in [-0.2, -0.15) is 4.57 Å². The van der Waals surface area contributed by atoms with Crippen molar-refractivity contribution in [3.05, 3.63) is 205 Å². The van der Waals surface area contributed by atoms with Gasteiger partial charge in [0.15, 0.2) is 6.04 Å². The number of anilines is 6. The maximum Gasteiger partial charge on any atom is 0.298 e. The average Bonchev–Trinajstić information content (AvgIpc) is 3.74. The van der Waals surface area contributed by atoms with Crippen molar-refractivity contribution in [2.75, 3.05) is 9.80 Å². The Hall–Kier alpha value is -6.91. The van der Waals surface area contributed by atoms with Gasteiger partial charge in [0, 0.05) is 45.8 Å². The molecule has 2 aliphatic rings. The number of nitrogens with zero attached hydrogens (tertiary/aromatic N) is 4. The quantitative estimate of drug-likeness (QED) is 0.164. The van der Waals surface area contributed by atoms with Gasteiger partial charge in [0.05, 0.1) is 23.1 Å². The normalized spacial score (nSPS) is 13.6. The molecule has 7 aromatic carbocycles. The maximum atomic E-state index is 2.53. The number of benzene rings is 7. The van der Waals surface area contributed by atoms with Crippen molar-refractivity contribution in [3.8, 4) is 16.8 Å². The van der Waals surface area contributed by atoms with Gasteiger partial charge < -0.3 is 9.80 Å². The van der Waals surface area contributed by atoms with Gasteiger partial charge in [-0.05, 0) is 77.9 Å². The van der Waals surface area contributed by atoms with Crippen molar-refractivity contribution < 1.29 is 4.57 Å². The van der Waals surface area contributed by atoms with Crippen LogP contribution in [-0.4, -0.2) is 4.57 Å². The molecule has 11 rings (SSSR count). The van der Waals surface area contributed by atoms with Crippen LogP contribution < -0.4 is 14.4 Å². The third-order valence-corrected chi connectivity index (χ3v) is 10.8. The summed E-state index contributed by atoms with van der Waals surface area (Å²) in [5, 5.41) is 2.44. The number of aromatic nitrogens is 2. The van der Waals surface area contributed by atoms with Crippen LogP contribution in [0.15, 0.2) is 194 Å². The van der Waals surface area contributed by atoms with Crippen molar-refractivity contribution in [1.82, 2.24) is 4.57 Å². The van der Waals surface area contributed by atoms with Crippen LogP contribution in [0, 0.1) is 0 Å². The minimum Gasteiger partial charge on any atom is -0.310 e. The molecule has 0 radical (unpaired) electrons. The molecule has 1 aliphatic carbocycles. The molecule has 0 bridgehead atoms. The first-order chi connectivity index (χ1) is 25.8. The molecule has 3 heterocycles. The lowest BCUT2D eigenvalue weighted by molar-refractivity contribution is -0.682. The average molecular weight is 666 g/mol. The third kappa shape index (κ3) is 4.12. The highest BCUT2D eigenvalue weighted by Gasteiger charge is 2.44. The van der Waals surface area contributed by atoms with E-state index in [1.165, 1.54) is 49.9 Å². The van der Waals surface area contributed by atoms with Crippen LogP contribution in [0.2, 0.25) is 0 Å². The van der Waals surface area contributed by atoms with Crippen LogP contribution in [0.1, 0.15) is 17.2 Å². The van der Waals surface area contributed by atoms with E-state index in [9.17, 15) is 0 Å². The Kier molecular flexibility index (Phi) is 6.28. The summed E-state index contributed by atoms with van der Waals surface area (Å²) in [5.41, 5.74) is 15.7. The highest BCUT2D eigenvalue weighted by Crippen LogP contribution is 2.52. The molecular weight excluding hydrogens is 633 g/mol. The molecule has 0 N–H and O–H groups in total. The van der Waals surface area contributed by atoms with Crippen molar-refractivity contribution in [3.63, 3.8) is 0 Å². The Balaban J connectivity index is 1.27. The molecule has 2 aromatic heterocycles. The predicted octanol–water partition coefficient (Wildman–Crippen LogP) is 11.9. The van der Waals surface area contributed by atoms with Crippen LogP contribution in [0.3, 0.4) is 0 Å². The van der Waals surface area contributed by atoms with Gasteiger partial charge in [0.25, 0.3) is 5.65 Å². The molecule has 0 spiro atoms. The molecule has 9 aromatic rings. The van der Waals surface area contributed by atoms with E-state index in [1.54, 1.807) is 0 Å². The number of hydrogen-bond acceptors (Lipinski definition) is 2. The van der Waals surface area contributed by atoms with Crippen LogP contribution in [-0.2, 0) is 0 Å². The van der Waals surface area contributed by atoms with E-state index in [4.69, 9.17) is 0 Å². The van der Waals surface area contributed by atoms with E-state index in [2.05, 4.69) is 213 Å². The van der Waals surface area contributed by atoms with E-state index in [1.807, 2.05) is 0 Å². The number of rotatable bonds is 6. The second-order valence-electron chi connectivity index (χ2n) is 13.6. The molecule has 1 atom stereocenters. The Bertz CT molecular complexity index is 2710. The fourth-order valence-corrected chi connectivity index (χ4v) is 8.72. The summed E-state index contributed by atoms with van der Waals surface area (Å²) in [6, 6.07) is 68.1. The first-order valence-corrected chi connectivity index (χ1v) is 17.9. The van der Waals surface area contributed by atoms with Gasteiger partial charge in [-0.1, -0.05) is 109 Å². The molecule has 0 amide bonds. The Labute approximate surface area is 302 Å². The van der Waals surface area contributed by atoms with E-state index < -0.39 is 0 Å². The minimum absolute atomic E-state index is 0.0854. The van der Waals surface area contributed by atoms with E-state index in [0.29, 0.717) is 0 Å². The van der Waals surface area contributed by atoms with E-state index >= 15 is 0 Å². The van der Waals surface area contributed by atoms with E-state index in [0.717, 1.165) is 34.1 Å². The topological polar surface area (TPSA) is 15.3 Å². The van der Waals surface area contributed by atoms with Crippen LogP contribution in [0.25, 0.3) is 38.8 Å². The highest BCUT2D eigenvalue weighted by atomic mass is 15.2. The summed E-state index contributed by atoms with van der Waals surface area (Å²) in [6.45, 7) is 0. The summed E-state index contributed by atoms with van der Waals surface area (Å²) < 4.78 is 5.05. The summed E-state index contributed by atoms with van der Waals surface area (Å²) in [7, 11) is 0. The highest BCUT2D eigenvalue weighted by molar-refractivity contribution is 6.15. The molecule has 0 fully saturated rings. The Morgan fingerprint density at radius 2 is 1.02 bits per heavy atom. The molecule has 4 heteroatoms. The van der Waals surface area contributed by atoms with Crippen LogP contribution in [0.4, 0.5) is 34.1 Å². The molecular formula is C48H33N4+. The number of pyridine rings is 1. The number of fused-ring (bicyclic) bond motifs is 8. The lowest BCUT2D eigenvalue weighted by Gasteiger charge is -2.27. The van der Waals surface area contributed by atoms with Crippen molar-refractivity contribution in [2.24, 2.45) is 0 Å². The summed E-state index contributed by atoms with van der Waals surface area (Å²) in [4.78, 5) is 4.77. The smallest absolute Gasteiger partial charge is 0.298 e. The summed E-state index contributed by atoms with van der Waals surface area (Å²) >= 11 is 0. The molecule has 4 nitrogen and oxygen atoms in total. The van der Waals surface area contributed by atoms with Gasteiger partial charge in [0.2, 0.25) is 0 Å². The fourth-order valence-electron chi connectivity index (χ4n) is 8.72. The van der Waals surface area contributed by atoms with Crippen LogP contribution in [0.5, 0.6) is 0 Å². The molecule has 0 saturated heterocycles. The summed E-state index contributed by atoms with van der Waals surface area (Å²) in [6.07, 6.45) is 2.32. The first kappa shape index (κ1) is 28.9. The Morgan fingerprint density at radius 3 is 1.65 bits per heavy atom. The number of hydrogen-bond donors (Lipinski definition) is 0. The Morgan fingerprint density at radius 1 is 0.462 bits per heavy atom. The van der Waals surface area contributed by atoms with Gasteiger partial charge >= 0.3 is 0 Å². The molecule has 1 aliphatic heterocycles. The zero-order valence-corrected chi connectivity index (χ0v) is 28.3. The molecule has 52 heavy (non-hydrogen) atoms. The number of para-hydroxylation sites is 4. The van der Waals surface area contributed by atoms with Gasteiger partial charge in [-0.15, -0.1) is 0 Å². The fraction of sp³-hybridized carbons (Fsp3) is 0.0208. The summed E-state index contributed by atoms with van der Waals surface area (Å²) in [5.74, 6) is 0. The van der Waals surface area contributed by atoms with Gasteiger partial charge in [0.1, 0.15) is 16.6 Å².